The van der Waals surface area contributed by atoms with E-state index in [1.165, 1.54) is 35.2 Å². The highest BCUT2D eigenvalue weighted by Crippen LogP contribution is 2.43. The second kappa shape index (κ2) is 9.82. The van der Waals surface area contributed by atoms with Crippen LogP contribution in [0.25, 0.3) is 4.85 Å². The molecule has 1 aliphatic rings. The molecular weight excluding hydrogens is 443 g/mol. The monoisotopic (exact) mass is 462 g/mol. The molecule has 0 radical (unpaired) electrons. The molecule has 0 saturated carbocycles. The normalized spacial score (nSPS) is 15.2. The first-order valence-corrected chi connectivity index (χ1v) is 11.8. The lowest BCUT2D eigenvalue weighted by atomic mass is 9.85. The van der Waals surface area contributed by atoms with E-state index in [-0.39, 0.29) is 17.6 Å². The predicted octanol–water partition coefficient (Wildman–Crippen LogP) is 6.54. The van der Waals surface area contributed by atoms with Crippen LogP contribution in [0, 0.1) is 23.7 Å². The highest BCUT2D eigenvalue weighted by molar-refractivity contribution is 7.98. The molecule has 0 amide bonds. The van der Waals surface area contributed by atoms with Gasteiger partial charge in [-0.05, 0) is 55.0 Å². The number of nitrogens with two attached hydrogens (primary N) is 1. The molecule has 0 saturated heterocycles. The number of hydrogen-bond acceptors (Lipinski definition) is 7. The summed E-state index contributed by atoms with van der Waals surface area (Å²) < 4.78 is 13.1. The average Bonchev–Trinajstić information content (AvgIpc) is 3.26. The summed E-state index contributed by atoms with van der Waals surface area (Å²) in [6.45, 7) is 7.56. The third-order valence-electron chi connectivity index (χ3n) is 5.11. The minimum Gasteiger partial charge on any atom is -0.392 e. The SMILES string of the molecule is [C-]#[N+]c1c(N)nc(SCc2csc(Nc3ccc(F)cc3)n2)c(C#N)c1C1CC=CCC1. The van der Waals surface area contributed by atoms with E-state index >= 15 is 0 Å². The summed E-state index contributed by atoms with van der Waals surface area (Å²) in [4.78, 5) is 12.5. The van der Waals surface area contributed by atoms with E-state index in [9.17, 15) is 9.65 Å². The Balaban J connectivity index is 1.55. The molecule has 4 rings (SSSR count). The molecule has 2 heterocycles. The first kappa shape index (κ1) is 21.8. The molecule has 3 N–H and O–H groups in total. The van der Waals surface area contributed by atoms with E-state index in [1.54, 1.807) is 12.1 Å². The van der Waals surface area contributed by atoms with Crippen LogP contribution in [0.3, 0.4) is 0 Å². The van der Waals surface area contributed by atoms with Crippen LogP contribution in [0.2, 0.25) is 0 Å². The average molecular weight is 463 g/mol. The largest absolute Gasteiger partial charge is 0.392 e. The number of pyridine rings is 1. The third-order valence-corrected chi connectivity index (χ3v) is 6.92. The Bertz CT molecular complexity index is 1240. The van der Waals surface area contributed by atoms with E-state index in [1.807, 2.05) is 5.38 Å². The van der Waals surface area contributed by atoms with Crippen molar-refractivity contribution in [1.29, 1.82) is 5.26 Å². The highest BCUT2D eigenvalue weighted by atomic mass is 32.2. The van der Waals surface area contributed by atoms with Gasteiger partial charge >= 0.3 is 0 Å². The number of nitrogens with zero attached hydrogens (tertiary/aromatic N) is 4. The Morgan fingerprint density at radius 2 is 2.12 bits per heavy atom. The fourth-order valence-corrected chi connectivity index (χ4v) is 5.33. The standard InChI is InChI=1S/C23H19FN6S2/c1-27-20-19(14-5-3-2-4-6-14)18(11-25)22(30-21(20)26)31-12-17-13-32-23(29-17)28-16-9-7-15(24)8-10-16/h2-3,7-10,13-14H,4-6,12H2,(H2,26,30)(H,28,29). The van der Waals surface area contributed by atoms with Crippen LogP contribution in [0.15, 0.2) is 46.8 Å². The first-order chi connectivity index (χ1) is 15.6. The summed E-state index contributed by atoms with van der Waals surface area (Å²) in [5.74, 6) is 0.473. The Morgan fingerprint density at radius 3 is 2.81 bits per heavy atom. The van der Waals surface area contributed by atoms with E-state index < -0.39 is 0 Å². The van der Waals surface area contributed by atoms with Gasteiger partial charge in [-0.15, -0.1) is 11.3 Å². The maximum atomic E-state index is 13.1. The number of rotatable bonds is 6. The van der Waals surface area contributed by atoms with Crippen molar-refractivity contribution in [2.24, 2.45) is 0 Å². The Labute approximate surface area is 193 Å². The van der Waals surface area contributed by atoms with Crippen LogP contribution < -0.4 is 11.1 Å². The molecule has 6 nitrogen and oxygen atoms in total. The topological polar surface area (TPSA) is 92.0 Å². The van der Waals surface area contributed by atoms with Gasteiger partial charge in [0.1, 0.15) is 22.7 Å². The molecule has 3 aromatic rings. The summed E-state index contributed by atoms with van der Waals surface area (Å²) in [5.41, 5.74) is 9.15. The van der Waals surface area contributed by atoms with Crippen molar-refractivity contribution in [3.63, 3.8) is 0 Å². The van der Waals surface area contributed by atoms with Gasteiger partial charge in [-0.25, -0.2) is 19.2 Å². The van der Waals surface area contributed by atoms with Crippen LogP contribution in [0.5, 0.6) is 0 Å². The van der Waals surface area contributed by atoms with Crippen molar-refractivity contribution in [2.45, 2.75) is 36.0 Å². The van der Waals surface area contributed by atoms with Gasteiger partial charge in [0.25, 0.3) is 0 Å². The van der Waals surface area contributed by atoms with Crippen LogP contribution in [0.4, 0.5) is 26.7 Å². The third kappa shape index (κ3) is 4.75. The van der Waals surface area contributed by atoms with Crippen molar-refractivity contribution < 1.29 is 4.39 Å². The molecular formula is C23H19FN6S2. The fraction of sp³-hybridized carbons (Fsp3) is 0.217. The van der Waals surface area contributed by atoms with Crippen molar-refractivity contribution in [2.75, 3.05) is 11.1 Å². The minimum absolute atomic E-state index is 0.0918. The van der Waals surface area contributed by atoms with Crippen LogP contribution >= 0.6 is 23.1 Å². The predicted molar refractivity (Wildman–Crippen MR) is 127 cm³/mol. The summed E-state index contributed by atoms with van der Waals surface area (Å²) in [5, 5.41) is 16.2. The Morgan fingerprint density at radius 1 is 1.31 bits per heavy atom. The molecule has 0 aliphatic heterocycles. The second-order valence-corrected chi connectivity index (χ2v) is 9.03. The molecule has 2 aromatic heterocycles. The Kier molecular flexibility index (Phi) is 6.69. The van der Waals surface area contributed by atoms with Gasteiger partial charge in [0, 0.05) is 16.8 Å². The second-order valence-electron chi connectivity index (χ2n) is 7.21. The number of halogens is 1. The zero-order valence-corrected chi connectivity index (χ0v) is 18.6. The van der Waals surface area contributed by atoms with Crippen molar-refractivity contribution in [3.8, 4) is 6.07 Å². The summed E-state index contributed by atoms with van der Waals surface area (Å²) in [6.07, 6.45) is 6.80. The van der Waals surface area contributed by atoms with E-state index in [4.69, 9.17) is 12.3 Å². The van der Waals surface area contributed by atoms with E-state index in [2.05, 4.69) is 38.4 Å². The highest BCUT2D eigenvalue weighted by Gasteiger charge is 2.26. The number of anilines is 3. The quantitative estimate of drug-likeness (QED) is 0.245. The molecule has 1 aromatic carbocycles. The number of thiazole rings is 1. The van der Waals surface area contributed by atoms with E-state index in [0.29, 0.717) is 27.2 Å². The first-order valence-electron chi connectivity index (χ1n) is 9.94. The number of aromatic nitrogens is 2. The van der Waals surface area contributed by atoms with Crippen molar-refractivity contribution >= 4 is 45.4 Å². The van der Waals surface area contributed by atoms with Gasteiger partial charge in [-0.2, -0.15) is 5.26 Å². The van der Waals surface area contributed by atoms with Crippen LogP contribution in [-0.2, 0) is 5.75 Å². The molecule has 32 heavy (non-hydrogen) atoms. The number of nitrogens with one attached hydrogen (secondary N) is 1. The molecule has 1 unspecified atom stereocenters. The summed E-state index contributed by atoms with van der Waals surface area (Å²) in [7, 11) is 0. The smallest absolute Gasteiger partial charge is 0.232 e. The molecule has 1 atom stereocenters. The lowest BCUT2D eigenvalue weighted by Crippen LogP contribution is -2.08. The molecule has 1 aliphatic carbocycles. The number of benzene rings is 1. The lowest BCUT2D eigenvalue weighted by Gasteiger charge is -2.22. The summed E-state index contributed by atoms with van der Waals surface area (Å²) in [6, 6.07) is 8.35. The van der Waals surface area contributed by atoms with E-state index in [0.717, 1.165) is 36.2 Å². The van der Waals surface area contributed by atoms with Gasteiger partial charge in [-0.1, -0.05) is 23.9 Å². The van der Waals surface area contributed by atoms with Gasteiger partial charge in [0.2, 0.25) is 5.69 Å². The van der Waals surface area contributed by atoms with Gasteiger partial charge in [-0.3, -0.25) is 0 Å². The van der Waals surface area contributed by atoms with Gasteiger partial charge in [0.15, 0.2) is 5.13 Å². The Hall–Kier alpha value is -3.40. The van der Waals surface area contributed by atoms with Gasteiger partial charge in [0.05, 0.1) is 17.8 Å². The zero-order valence-electron chi connectivity index (χ0n) is 17.0. The van der Waals surface area contributed by atoms with Crippen molar-refractivity contribution in [3.05, 3.63) is 75.9 Å². The maximum absolute atomic E-state index is 13.1. The lowest BCUT2D eigenvalue weighted by molar-refractivity contribution is 0.615. The molecule has 160 valence electrons. The molecule has 0 fully saturated rings. The number of allylic oxidation sites excluding steroid dienone is 2. The van der Waals surface area contributed by atoms with Crippen LogP contribution in [-0.4, -0.2) is 9.97 Å². The molecule has 9 heteroatoms. The van der Waals surface area contributed by atoms with Gasteiger partial charge < -0.3 is 11.1 Å². The van der Waals surface area contributed by atoms with Crippen molar-refractivity contribution in [1.82, 2.24) is 9.97 Å². The maximum Gasteiger partial charge on any atom is 0.232 e. The number of nitriles is 1. The zero-order chi connectivity index (χ0) is 22.5. The fourth-order valence-electron chi connectivity index (χ4n) is 3.60. The molecule has 0 bridgehead atoms. The molecule has 0 spiro atoms. The minimum atomic E-state index is -0.292. The number of nitrogen functional groups attached to an aromatic ring is 1. The van der Waals surface area contributed by atoms with Crippen LogP contribution in [0.1, 0.15) is 42.0 Å². The summed E-state index contributed by atoms with van der Waals surface area (Å²) >= 11 is 2.83. The number of hydrogen-bond donors (Lipinski definition) is 2. The number of thioether (sulfide) groups is 1.